The molecule has 0 aliphatic carbocycles. The summed E-state index contributed by atoms with van der Waals surface area (Å²) in [6, 6.07) is 0. The molecule has 9 nitrogen and oxygen atoms in total. The van der Waals surface area contributed by atoms with Crippen LogP contribution in [0.2, 0.25) is 58.9 Å². The van der Waals surface area contributed by atoms with Crippen LogP contribution in [0.5, 0.6) is 0 Å². The SMILES string of the molecule is CO[Si](C)(C)O[Si](O[Si](C)(C)OC)O[Si](C)(O[Si](C)(C)OC)O[Si](C)(C)OC. The minimum atomic E-state index is -3.25. The molecule has 0 saturated carbocycles. The van der Waals surface area contributed by atoms with Crippen molar-refractivity contribution in [3.8, 4) is 0 Å². The minimum absolute atomic E-state index is 1.62. The molecule has 15 heteroatoms. The number of hydrogen-bond donors (Lipinski definition) is 0. The second kappa shape index (κ2) is 11.0. The summed E-state index contributed by atoms with van der Waals surface area (Å²) in [4.78, 5) is 0. The summed E-state index contributed by atoms with van der Waals surface area (Å²) < 4.78 is 53.5. The fourth-order valence-electron chi connectivity index (χ4n) is 1.74. The van der Waals surface area contributed by atoms with Crippen molar-refractivity contribution in [1.29, 1.82) is 0 Å². The van der Waals surface area contributed by atoms with Crippen LogP contribution in [0.3, 0.4) is 0 Å². The molecule has 28 heavy (non-hydrogen) atoms. The third-order valence-electron chi connectivity index (χ3n) is 3.76. The largest absolute Gasteiger partial charge is 0.550 e. The molecular weight excluding hydrogens is 469 g/mol. The Morgan fingerprint density at radius 3 is 0.964 bits per heavy atom. The molecular formula is C13H39O9Si6. The molecule has 0 aromatic carbocycles. The van der Waals surface area contributed by atoms with Gasteiger partial charge in [0.2, 0.25) is 0 Å². The van der Waals surface area contributed by atoms with Gasteiger partial charge in [-0.1, -0.05) is 0 Å². The summed E-state index contributed by atoms with van der Waals surface area (Å²) in [5.74, 6) is 0. The monoisotopic (exact) mass is 507 g/mol. The van der Waals surface area contributed by atoms with Gasteiger partial charge in [0.25, 0.3) is 0 Å². The average Bonchev–Trinajstić information content (AvgIpc) is 2.52. The zero-order valence-electron chi connectivity index (χ0n) is 19.7. The van der Waals surface area contributed by atoms with Crippen LogP contribution >= 0.6 is 0 Å². The van der Waals surface area contributed by atoms with Crippen molar-refractivity contribution in [2.24, 2.45) is 0 Å². The topological polar surface area (TPSA) is 83.1 Å². The Bertz CT molecular complexity index is 441. The van der Waals surface area contributed by atoms with Gasteiger partial charge in [0.1, 0.15) is 0 Å². The van der Waals surface area contributed by atoms with Crippen LogP contribution < -0.4 is 0 Å². The lowest BCUT2D eigenvalue weighted by atomic mass is 11.8. The first-order chi connectivity index (χ1) is 12.4. The maximum Gasteiger partial charge on any atom is 0.550 e. The van der Waals surface area contributed by atoms with Crippen LogP contribution in [-0.2, 0) is 38.3 Å². The second-order valence-corrected chi connectivity index (χ2v) is 27.2. The molecule has 0 N–H and O–H groups in total. The molecule has 0 rings (SSSR count). The van der Waals surface area contributed by atoms with E-state index in [2.05, 4.69) is 0 Å². The van der Waals surface area contributed by atoms with Crippen LogP contribution in [0.25, 0.3) is 0 Å². The van der Waals surface area contributed by atoms with Gasteiger partial charge >= 0.3 is 52.6 Å². The van der Waals surface area contributed by atoms with Gasteiger partial charge < -0.3 is 38.3 Å². The highest BCUT2D eigenvalue weighted by atomic mass is 28.5. The van der Waals surface area contributed by atoms with Crippen molar-refractivity contribution in [1.82, 2.24) is 0 Å². The van der Waals surface area contributed by atoms with Gasteiger partial charge in [0.15, 0.2) is 0 Å². The van der Waals surface area contributed by atoms with E-state index in [1.165, 1.54) is 0 Å². The summed E-state index contributed by atoms with van der Waals surface area (Å²) >= 11 is 0. The van der Waals surface area contributed by atoms with E-state index in [-0.39, 0.29) is 0 Å². The van der Waals surface area contributed by atoms with Crippen molar-refractivity contribution in [3.05, 3.63) is 0 Å². The van der Waals surface area contributed by atoms with Gasteiger partial charge in [-0.15, -0.1) is 0 Å². The Labute approximate surface area is 178 Å². The van der Waals surface area contributed by atoms with Gasteiger partial charge in [-0.3, -0.25) is 0 Å². The van der Waals surface area contributed by atoms with Crippen molar-refractivity contribution >= 4 is 52.6 Å². The molecule has 0 aliphatic rings. The Hall–Kier alpha value is 0.941. The Morgan fingerprint density at radius 1 is 0.429 bits per heavy atom. The maximum atomic E-state index is 6.36. The van der Waals surface area contributed by atoms with E-state index in [4.69, 9.17) is 38.3 Å². The molecule has 0 heterocycles. The van der Waals surface area contributed by atoms with E-state index >= 15 is 0 Å². The minimum Gasteiger partial charge on any atom is -0.398 e. The van der Waals surface area contributed by atoms with Gasteiger partial charge in [0.05, 0.1) is 0 Å². The van der Waals surface area contributed by atoms with Crippen LogP contribution in [-0.4, -0.2) is 81.0 Å². The third-order valence-corrected chi connectivity index (χ3v) is 22.0. The first kappa shape index (κ1) is 28.9. The van der Waals surface area contributed by atoms with E-state index in [0.29, 0.717) is 0 Å². The summed E-state index contributed by atoms with van der Waals surface area (Å²) in [5, 5.41) is 0. The smallest absolute Gasteiger partial charge is 0.398 e. The standard InChI is InChI=1S/C13H39O9Si6/c1-14-24(5,6)18-23(19-25(7,8)15-2)20-28(13,21-26(9,10)16-3)22-27(11,12)17-4/h1-13H3. The lowest BCUT2D eigenvalue weighted by Gasteiger charge is -2.40. The van der Waals surface area contributed by atoms with Crippen molar-refractivity contribution in [3.63, 3.8) is 0 Å². The molecule has 0 bridgehead atoms. The average molecular weight is 508 g/mol. The molecule has 0 aromatic heterocycles. The zero-order valence-corrected chi connectivity index (χ0v) is 25.7. The van der Waals surface area contributed by atoms with Crippen LogP contribution in [0.1, 0.15) is 0 Å². The summed E-state index contributed by atoms with van der Waals surface area (Å²) in [5.41, 5.74) is 0. The Kier molecular flexibility index (Phi) is 11.4. The quantitative estimate of drug-likeness (QED) is 0.329. The van der Waals surface area contributed by atoms with E-state index in [0.717, 1.165) is 0 Å². The molecule has 169 valence electrons. The van der Waals surface area contributed by atoms with E-state index in [1.54, 1.807) is 28.4 Å². The van der Waals surface area contributed by atoms with Crippen molar-refractivity contribution in [2.75, 3.05) is 28.4 Å². The number of rotatable bonds is 14. The molecule has 1 radical (unpaired) electrons. The molecule has 0 aromatic rings. The lowest BCUT2D eigenvalue weighted by Crippen LogP contribution is -2.62. The third kappa shape index (κ3) is 11.4. The fourth-order valence-corrected chi connectivity index (χ4v) is 17.9. The van der Waals surface area contributed by atoms with Crippen LogP contribution in [0.4, 0.5) is 0 Å². The fraction of sp³-hybridized carbons (Fsp3) is 1.00. The van der Waals surface area contributed by atoms with Gasteiger partial charge in [-0.25, -0.2) is 0 Å². The van der Waals surface area contributed by atoms with Crippen molar-refractivity contribution in [2.45, 2.75) is 58.9 Å². The predicted molar refractivity (Wildman–Crippen MR) is 121 cm³/mol. The normalized spacial score (nSPS) is 14.8. The lowest BCUT2D eigenvalue weighted by molar-refractivity contribution is 0.148. The van der Waals surface area contributed by atoms with Crippen molar-refractivity contribution < 1.29 is 38.3 Å². The van der Waals surface area contributed by atoms with E-state index in [1.807, 2.05) is 58.9 Å². The summed E-state index contributed by atoms with van der Waals surface area (Å²) in [6.07, 6.45) is 0. The highest BCUT2D eigenvalue weighted by Gasteiger charge is 2.52. The predicted octanol–water partition coefficient (Wildman–Crippen LogP) is 3.02. The van der Waals surface area contributed by atoms with Gasteiger partial charge in [-0.2, -0.15) is 0 Å². The Balaban J connectivity index is 5.82. The molecule has 0 spiro atoms. The molecule has 0 amide bonds. The summed E-state index contributed by atoms with van der Waals surface area (Å²) in [7, 11) is -8.91. The molecule has 0 atom stereocenters. The first-order valence-electron chi connectivity index (χ1n) is 8.99. The first-order valence-corrected chi connectivity index (χ1v) is 23.7. The van der Waals surface area contributed by atoms with Gasteiger partial charge in [-0.05, 0) is 52.4 Å². The highest BCUT2D eigenvalue weighted by molar-refractivity contribution is 6.86. The molecule has 0 saturated heterocycles. The maximum absolute atomic E-state index is 6.36. The van der Waals surface area contributed by atoms with E-state index < -0.39 is 52.6 Å². The molecule has 0 unspecified atom stereocenters. The second-order valence-electron chi connectivity index (χ2n) is 8.04. The van der Waals surface area contributed by atoms with E-state index in [9.17, 15) is 0 Å². The van der Waals surface area contributed by atoms with Gasteiger partial charge in [0, 0.05) is 35.0 Å². The Morgan fingerprint density at radius 2 is 0.714 bits per heavy atom. The van der Waals surface area contributed by atoms with Crippen LogP contribution in [0, 0.1) is 0 Å². The number of hydrogen-bond acceptors (Lipinski definition) is 9. The molecule has 0 aliphatic heterocycles. The van der Waals surface area contributed by atoms with Crippen LogP contribution in [0.15, 0.2) is 0 Å². The zero-order chi connectivity index (χ0) is 22.4. The summed E-state index contributed by atoms with van der Waals surface area (Å²) in [6.45, 7) is 17.3. The highest BCUT2D eigenvalue weighted by Crippen LogP contribution is 2.25. The molecule has 0 fully saturated rings.